The number of sulfonamides is 1. The molecule has 0 aliphatic rings. The van der Waals surface area contributed by atoms with Gasteiger partial charge in [0.15, 0.2) is 6.04 Å². The van der Waals surface area contributed by atoms with E-state index in [9.17, 15) is 18.0 Å². The molecule has 0 spiro atoms. The smallest absolute Gasteiger partial charge is 0.328 e. The molecule has 0 aromatic rings. The summed E-state index contributed by atoms with van der Waals surface area (Å²) in [5, 5.41) is 22.1. The van der Waals surface area contributed by atoms with E-state index in [1.54, 1.807) is 0 Å². The Morgan fingerprint density at radius 3 is 2.22 bits per heavy atom. The Hall–Kier alpha value is -1.39. The molecule has 0 aliphatic heterocycles. The molecule has 2 amide bonds. The first kappa shape index (κ1) is 16.6. The molecule has 10 heteroatoms. The molecule has 0 saturated carbocycles. The van der Waals surface area contributed by atoms with Crippen LogP contribution in [-0.2, 0) is 14.8 Å². The molecular formula is C8H17N3O6S. The molecule has 0 aliphatic carbocycles. The van der Waals surface area contributed by atoms with Crippen LogP contribution in [-0.4, -0.2) is 62.1 Å². The number of carbonyl (C=O) groups excluding carboxylic acids is 1. The van der Waals surface area contributed by atoms with Crippen LogP contribution in [0.1, 0.15) is 6.92 Å². The van der Waals surface area contributed by atoms with E-state index >= 15 is 0 Å². The van der Waals surface area contributed by atoms with Crippen molar-refractivity contribution in [1.82, 2.24) is 15.4 Å². The molecule has 0 bridgehead atoms. The molecule has 0 fully saturated rings. The van der Waals surface area contributed by atoms with Crippen LogP contribution >= 0.6 is 0 Å². The van der Waals surface area contributed by atoms with E-state index in [2.05, 4.69) is 10.0 Å². The van der Waals surface area contributed by atoms with Gasteiger partial charge in [0.1, 0.15) is 0 Å². The highest BCUT2D eigenvalue weighted by Crippen LogP contribution is 1.92. The molecule has 0 radical (unpaired) electrons. The summed E-state index contributed by atoms with van der Waals surface area (Å²) in [6.45, 7) is 1.20. The van der Waals surface area contributed by atoms with Crippen LogP contribution in [0.15, 0.2) is 0 Å². The van der Waals surface area contributed by atoms with Crippen LogP contribution in [0.25, 0.3) is 0 Å². The number of nitrogens with one attached hydrogen (secondary N) is 3. The third-order valence-electron chi connectivity index (χ3n) is 1.81. The highest BCUT2D eigenvalue weighted by molar-refractivity contribution is 7.88. The Morgan fingerprint density at radius 1 is 1.28 bits per heavy atom. The number of aliphatic hydroxyl groups excluding tert-OH is 1. The van der Waals surface area contributed by atoms with E-state index in [-0.39, 0.29) is 13.1 Å². The van der Waals surface area contributed by atoms with Gasteiger partial charge >= 0.3 is 12.0 Å². The SMILES string of the molecule is CC(O)C(NC(=O)NCCNS(C)(=O)=O)C(=O)O. The van der Waals surface area contributed by atoms with Crippen LogP contribution in [0.5, 0.6) is 0 Å². The lowest BCUT2D eigenvalue weighted by atomic mass is 10.2. The summed E-state index contributed by atoms with van der Waals surface area (Å²) >= 11 is 0. The zero-order chi connectivity index (χ0) is 14.3. The van der Waals surface area contributed by atoms with Crippen LogP contribution in [0.4, 0.5) is 4.79 Å². The largest absolute Gasteiger partial charge is 0.480 e. The summed E-state index contributed by atoms with van der Waals surface area (Å²) in [6.07, 6.45) is -0.275. The first-order valence-electron chi connectivity index (χ1n) is 5.03. The van der Waals surface area contributed by atoms with Gasteiger partial charge < -0.3 is 20.8 Å². The summed E-state index contributed by atoms with van der Waals surface area (Å²) in [5.74, 6) is -1.37. The number of rotatable bonds is 7. The number of amides is 2. The van der Waals surface area contributed by atoms with Gasteiger partial charge in [0, 0.05) is 13.1 Å². The summed E-state index contributed by atoms with van der Waals surface area (Å²) in [4.78, 5) is 21.9. The lowest BCUT2D eigenvalue weighted by Crippen LogP contribution is -2.51. The minimum atomic E-state index is -3.33. The van der Waals surface area contributed by atoms with Gasteiger partial charge in [-0.1, -0.05) is 0 Å². The maximum absolute atomic E-state index is 11.2. The van der Waals surface area contributed by atoms with Gasteiger partial charge in [0.25, 0.3) is 0 Å². The zero-order valence-corrected chi connectivity index (χ0v) is 10.8. The van der Waals surface area contributed by atoms with Crippen LogP contribution < -0.4 is 15.4 Å². The molecule has 2 atom stereocenters. The number of hydrogen-bond donors (Lipinski definition) is 5. The quantitative estimate of drug-likeness (QED) is 0.331. The molecular weight excluding hydrogens is 266 g/mol. The van der Waals surface area contributed by atoms with Crippen molar-refractivity contribution >= 4 is 22.0 Å². The van der Waals surface area contributed by atoms with Gasteiger partial charge in [0.2, 0.25) is 10.0 Å². The van der Waals surface area contributed by atoms with Crippen molar-refractivity contribution in [2.75, 3.05) is 19.3 Å². The van der Waals surface area contributed by atoms with Crippen LogP contribution in [0.2, 0.25) is 0 Å². The number of aliphatic hydroxyl groups is 1. The topological polar surface area (TPSA) is 145 Å². The van der Waals surface area contributed by atoms with Crippen LogP contribution in [0, 0.1) is 0 Å². The van der Waals surface area contributed by atoms with E-state index in [4.69, 9.17) is 10.2 Å². The highest BCUT2D eigenvalue weighted by Gasteiger charge is 2.24. The van der Waals surface area contributed by atoms with E-state index in [0.717, 1.165) is 6.26 Å². The highest BCUT2D eigenvalue weighted by atomic mass is 32.2. The molecule has 0 rings (SSSR count). The fourth-order valence-electron chi connectivity index (χ4n) is 0.993. The minimum absolute atomic E-state index is 0.00888. The van der Waals surface area contributed by atoms with E-state index < -0.39 is 34.2 Å². The standard InChI is InChI=1S/C8H17N3O6S/c1-5(12)6(7(13)14)11-8(15)9-3-4-10-18(2,16)17/h5-6,10,12H,3-4H2,1-2H3,(H,13,14)(H2,9,11,15). The molecule has 0 saturated heterocycles. The average Bonchev–Trinajstić information content (AvgIpc) is 2.18. The molecule has 5 N–H and O–H groups in total. The zero-order valence-electron chi connectivity index (χ0n) is 10.0. The van der Waals surface area contributed by atoms with E-state index in [0.29, 0.717) is 0 Å². The van der Waals surface area contributed by atoms with Gasteiger partial charge in [-0.25, -0.2) is 22.7 Å². The second-order valence-electron chi connectivity index (χ2n) is 3.62. The fraction of sp³-hybridized carbons (Fsp3) is 0.750. The molecule has 2 unspecified atom stereocenters. The third kappa shape index (κ3) is 7.81. The maximum atomic E-state index is 11.2. The predicted molar refractivity (Wildman–Crippen MR) is 62.5 cm³/mol. The number of hydrogen-bond acceptors (Lipinski definition) is 5. The number of carbonyl (C=O) groups is 2. The lowest BCUT2D eigenvalue weighted by molar-refractivity contribution is -0.141. The molecule has 106 valence electrons. The number of carboxylic acids is 1. The van der Waals surface area contributed by atoms with E-state index in [1.807, 2.05) is 5.32 Å². The Kier molecular flexibility index (Phi) is 6.58. The third-order valence-corrected chi connectivity index (χ3v) is 2.54. The first-order valence-corrected chi connectivity index (χ1v) is 6.92. The normalized spacial score (nSPS) is 14.6. The summed E-state index contributed by atoms with van der Waals surface area (Å²) < 4.78 is 23.5. The summed E-state index contributed by atoms with van der Waals surface area (Å²) in [7, 11) is -3.33. The van der Waals surface area contributed by atoms with Gasteiger partial charge in [-0.3, -0.25) is 0 Å². The van der Waals surface area contributed by atoms with Crippen molar-refractivity contribution in [2.24, 2.45) is 0 Å². The van der Waals surface area contributed by atoms with Crippen molar-refractivity contribution in [3.63, 3.8) is 0 Å². The van der Waals surface area contributed by atoms with Crippen molar-refractivity contribution < 1.29 is 28.2 Å². The monoisotopic (exact) mass is 283 g/mol. The first-order chi connectivity index (χ1) is 8.13. The maximum Gasteiger partial charge on any atom is 0.328 e. The summed E-state index contributed by atoms with van der Waals surface area (Å²) in [6, 6.07) is -2.23. The Bertz CT molecular complexity index is 394. The minimum Gasteiger partial charge on any atom is -0.480 e. The summed E-state index contributed by atoms with van der Waals surface area (Å²) in [5.41, 5.74) is 0. The Labute approximate surface area is 105 Å². The van der Waals surface area contributed by atoms with Crippen molar-refractivity contribution in [3.8, 4) is 0 Å². The molecule has 0 aromatic carbocycles. The van der Waals surface area contributed by atoms with Crippen molar-refractivity contribution in [2.45, 2.75) is 19.1 Å². The van der Waals surface area contributed by atoms with Crippen LogP contribution in [0.3, 0.4) is 0 Å². The molecule has 9 nitrogen and oxygen atoms in total. The van der Waals surface area contributed by atoms with E-state index in [1.165, 1.54) is 6.92 Å². The van der Waals surface area contributed by atoms with Gasteiger partial charge in [0.05, 0.1) is 12.4 Å². The second-order valence-corrected chi connectivity index (χ2v) is 5.46. The average molecular weight is 283 g/mol. The molecule has 18 heavy (non-hydrogen) atoms. The van der Waals surface area contributed by atoms with Crippen molar-refractivity contribution in [3.05, 3.63) is 0 Å². The van der Waals surface area contributed by atoms with Crippen molar-refractivity contribution in [1.29, 1.82) is 0 Å². The van der Waals surface area contributed by atoms with Gasteiger partial charge in [-0.2, -0.15) is 0 Å². The number of urea groups is 1. The molecule has 0 heterocycles. The van der Waals surface area contributed by atoms with Gasteiger partial charge in [-0.05, 0) is 6.92 Å². The Balaban J connectivity index is 4.00. The number of aliphatic carboxylic acids is 1. The Morgan fingerprint density at radius 2 is 1.83 bits per heavy atom. The number of carboxylic acid groups (broad SMARTS) is 1. The van der Waals surface area contributed by atoms with Gasteiger partial charge in [-0.15, -0.1) is 0 Å². The molecule has 0 aromatic heterocycles. The lowest BCUT2D eigenvalue weighted by Gasteiger charge is -2.17. The fourth-order valence-corrected chi connectivity index (χ4v) is 1.47. The second kappa shape index (κ2) is 7.13. The predicted octanol–water partition coefficient (Wildman–Crippen LogP) is -2.33.